The lowest BCUT2D eigenvalue weighted by atomic mass is 10.1. The Bertz CT molecular complexity index is 637. The molecule has 2 rings (SSSR count). The van der Waals surface area contributed by atoms with Crippen molar-refractivity contribution in [2.24, 2.45) is 0 Å². The molecule has 4 nitrogen and oxygen atoms in total. The van der Waals surface area contributed by atoms with Crippen molar-refractivity contribution in [2.75, 3.05) is 32.1 Å². The summed E-state index contributed by atoms with van der Waals surface area (Å²) in [5, 5.41) is 0. The Morgan fingerprint density at radius 2 is 1.42 bits per heavy atom. The number of nitrogens with zero attached hydrogens (tertiary/aromatic N) is 2. The number of rotatable bonds is 6. The molecule has 0 aliphatic rings. The molecule has 0 unspecified atom stereocenters. The lowest BCUT2D eigenvalue weighted by Crippen LogP contribution is -2.29. The van der Waals surface area contributed by atoms with Crippen LogP contribution in [0.4, 0.5) is 16.2 Å². The minimum absolute atomic E-state index is 0.336. The molecule has 0 spiro atoms. The average molecular weight is 326 g/mol. The van der Waals surface area contributed by atoms with Gasteiger partial charge < -0.3 is 9.64 Å². The summed E-state index contributed by atoms with van der Waals surface area (Å²) < 4.78 is 5.53. The van der Waals surface area contributed by atoms with Gasteiger partial charge >= 0.3 is 6.09 Å². The number of aryl methyl sites for hydroxylation is 2. The fraction of sp³-hybridized carbons (Fsp3) is 0.350. The fourth-order valence-corrected chi connectivity index (χ4v) is 2.56. The third kappa shape index (κ3) is 4.59. The summed E-state index contributed by atoms with van der Waals surface area (Å²) in [5.74, 6) is 0. The van der Waals surface area contributed by atoms with E-state index in [9.17, 15) is 4.79 Å². The lowest BCUT2D eigenvalue weighted by Gasteiger charge is -2.25. The molecule has 1 amide bonds. The van der Waals surface area contributed by atoms with Crippen molar-refractivity contribution in [1.29, 1.82) is 0 Å². The van der Waals surface area contributed by atoms with Crippen molar-refractivity contribution in [2.45, 2.75) is 20.3 Å². The van der Waals surface area contributed by atoms with Crippen molar-refractivity contribution >= 4 is 17.5 Å². The number of hydrogen-bond donors (Lipinski definition) is 0. The molecule has 0 heterocycles. The predicted molar refractivity (Wildman–Crippen MR) is 99.0 cm³/mol. The topological polar surface area (TPSA) is 32.8 Å². The maximum Gasteiger partial charge on any atom is 0.418 e. The first-order chi connectivity index (χ1) is 11.5. The Kier molecular flexibility index (Phi) is 6.38. The van der Waals surface area contributed by atoms with Gasteiger partial charge in [0.05, 0.1) is 18.0 Å². The maximum absolute atomic E-state index is 12.8. The van der Waals surface area contributed by atoms with Crippen LogP contribution >= 0.6 is 0 Å². The van der Waals surface area contributed by atoms with Crippen LogP contribution < -0.4 is 4.90 Å². The van der Waals surface area contributed by atoms with E-state index in [1.54, 1.807) is 4.90 Å². The molecule has 0 aliphatic heterocycles. The molecule has 24 heavy (non-hydrogen) atoms. The second kappa shape index (κ2) is 8.50. The smallest absolute Gasteiger partial charge is 0.418 e. The van der Waals surface area contributed by atoms with Gasteiger partial charge in [-0.1, -0.05) is 36.4 Å². The van der Waals surface area contributed by atoms with Gasteiger partial charge in [-0.05, 0) is 57.6 Å². The van der Waals surface area contributed by atoms with Crippen LogP contribution in [0.3, 0.4) is 0 Å². The number of anilines is 2. The van der Waals surface area contributed by atoms with Crippen LogP contribution in [0.25, 0.3) is 0 Å². The normalized spacial score (nSPS) is 10.7. The first-order valence-corrected chi connectivity index (χ1v) is 8.23. The number of carbonyl (C=O) groups is 1. The minimum atomic E-state index is -0.336. The quantitative estimate of drug-likeness (QED) is 0.731. The summed E-state index contributed by atoms with van der Waals surface area (Å²) in [5.41, 5.74) is 3.77. The summed E-state index contributed by atoms with van der Waals surface area (Å²) in [4.78, 5) is 16.5. The zero-order valence-electron chi connectivity index (χ0n) is 15.0. The highest BCUT2D eigenvalue weighted by atomic mass is 16.6. The van der Waals surface area contributed by atoms with Crippen molar-refractivity contribution in [3.8, 4) is 0 Å². The van der Waals surface area contributed by atoms with Crippen molar-refractivity contribution in [1.82, 2.24) is 4.90 Å². The number of amides is 1. The third-order valence-electron chi connectivity index (χ3n) is 3.87. The van der Waals surface area contributed by atoms with E-state index < -0.39 is 0 Å². The monoisotopic (exact) mass is 326 g/mol. The van der Waals surface area contributed by atoms with Gasteiger partial charge in [-0.15, -0.1) is 0 Å². The highest BCUT2D eigenvalue weighted by Gasteiger charge is 2.22. The predicted octanol–water partition coefficient (Wildman–Crippen LogP) is 4.53. The molecule has 0 aliphatic carbocycles. The highest BCUT2D eigenvalue weighted by Crippen LogP contribution is 2.31. The molecule has 0 saturated carbocycles. The van der Waals surface area contributed by atoms with E-state index in [2.05, 4.69) is 4.90 Å². The van der Waals surface area contributed by atoms with E-state index in [0.29, 0.717) is 6.61 Å². The second-order valence-electron chi connectivity index (χ2n) is 6.18. The summed E-state index contributed by atoms with van der Waals surface area (Å²) in [6.45, 7) is 5.30. The van der Waals surface area contributed by atoms with Crippen LogP contribution in [0.15, 0.2) is 48.5 Å². The van der Waals surface area contributed by atoms with Crippen LogP contribution in [-0.2, 0) is 4.74 Å². The van der Waals surface area contributed by atoms with Crippen molar-refractivity contribution < 1.29 is 9.53 Å². The van der Waals surface area contributed by atoms with Crippen LogP contribution in [-0.4, -0.2) is 38.2 Å². The van der Waals surface area contributed by atoms with Crippen LogP contribution in [0.1, 0.15) is 17.5 Å². The van der Waals surface area contributed by atoms with Gasteiger partial charge in [0.2, 0.25) is 0 Å². The van der Waals surface area contributed by atoms with Crippen LogP contribution in [0, 0.1) is 13.8 Å². The van der Waals surface area contributed by atoms with Crippen LogP contribution in [0.5, 0.6) is 0 Å². The molecule has 2 aromatic rings. The van der Waals surface area contributed by atoms with Gasteiger partial charge in [0.1, 0.15) is 0 Å². The van der Waals surface area contributed by atoms with Gasteiger partial charge in [0.25, 0.3) is 0 Å². The third-order valence-corrected chi connectivity index (χ3v) is 3.87. The molecule has 0 saturated heterocycles. The SMILES string of the molecule is Cc1ccccc1N(C(=O)OCCCN(C)C)c1ccccc1C. The van der Waals surface area contributed by atoms with E-state index in [1.165, 1.54) is 0 Å². The van der Waals surface area contributed by atoms with Crippen molar-refractivity contribution in [3.05, 3.63) is 59.7 Å². The molecule has 0 radical (unpaired) electrons. The minimum Gasteiger partial charge on any atom is -0.449 e. The van der Waals surface area contributed by atoms with E-state index in [4.69, 9.17) is 4.74 Å². The Morgan fingerprint density at radius 1 is 0.917 bits per heavy atom. The number of ether oxygens (including phenoxy) is 1. The average Bonchev–Trinajstić information content (AvgIpc) is 2.55. The Labute approximate surface area is 144 Å². The number of hydrogen-bond acceptors (Lipinski definition) is 3. The molecule has 0 aromatic heterocycles. The Hall–Kier alpha value is -2.33. The number of carbonyl (C=O) groups excluding carboxylic acids is 1. The Morgan fingerprint density at radius 3 is 1.88 bits per heavy atom. The van der Waals surface area contributed by atoms with E-state index in [0.717, 1.165) is 35.5 Å². The fourth-order valence-electron chi connectivity index (χ4n) is 2.56. The largest absolute Gasteiger partial charge is 0.449 e. The second-order valence-corrected chi connectivity index (χ2v) is 6.18. The van der Waals surface area contributed by atoms with E-state index in [1.807, 2.05) is 76.5 Å². The molecule has 0 bridgehead atoms. The molecule has 0 fully saturated rings. The maximum atomic E-state index is 12.8. The van der Waals surface area contributed by atoms with E-state index in [-0.39, 0.29) is 6.09 Å². The summed E-state index contributed by atoms with van der Waals surface area (Å²) in [6, 6.07) is 15.7. The van der Waals surface area contributed by atoms with Gasteiger partial charge in [0.15, 0.2) is 0 Å². The summed E-state index contributed by atoms with van der Waals surface area (Å²) >= 11 is 0. The first-order valence-electron chi connectivity index (χ1n) is 8.23. The van der Waals surface area contributed by atoms with Gasteiger partial charge in [0, 0.05) is 6.54 Å². The standard InChI is InChI=1S/C20H26N2O2/c1-16-10-5-7-12-18(16)22(19-13-8-6-11-17(19)2)20(23)24-15-9-14-21(3)4/h5-8,10-13H,9,14-15H2,1-4H3. The van der Waals surface area contributed by atoms with E-state index >= 15 is 0 Å². The highest BCUT2D eigenvalue weighted by molar-refractivity contribution is 5.97. The number of benzene rings is 2. The lowest BCUT2D eigenvalue weighted by molar-refractivity contribution is 0.151. The molecular formula is C20H26N2O2. The van der Waals surface area contributed by atoms with Crippen molar-refractivity contribution in [3.63, 3.8) is 0 Å². The zero-order valence-corrected chi connectivity index (χ0v) is 15.0. The molecule has 128 valence electrons. The van der Waals surface area contributed by atoms with Gasteiger partial charge in [-0.25, -0.2) is 9.69 Å². The molecule has 0 atom stereocenters. The molecular weight excluding hydrogens is 300 g/mol. The summed E-state index contributed by atoms with van der Waals surface area (Å²) in [7, 11) is 4.02. The summed E-state index contributed by atoms with van der Waals surface area (Å²) in [6.07, 6.45) is 0.478. The first kappa shape index (κ1) is 18.0. The van der Waals surface area contributed by atoms with Crippen LogP contribution in [0.2, 0.25) is 0 Å². The molecule has 4 heteroatoms. The van der Waals surface area contributed by atoms with Gasteiger partial charge in [-0.2, -0.15) is 0 Å². The molecule has 2 aromatic carbocycles. The zero-order chi connectivity index (χ0) is 17.5. The number of para-hydroxylation sites is 2. The van der Waals surface area contributed by atoms with Gasteiger partial charge in [-0.3, -0.25) is 0 Å². The molecule has 0 N–H and O–H groups in total. The Balaban J connectivity index is 2.26.